The third kappa shape index (κ3) is 5.39. The van der Waals surface area contributed by atoms with Gasteiger partial charge in [0.1, 0.15) is 0 Å². The standard InChI is InChI=1S/C15H32N2/c1-13-14(7-2-4-11-16)9-6-10-15(13)8-3-5-12-17/h13-15H,2-12,16-17H2,1H3. The molecule has 17 heavy (non-hydrogen) atoms. The highest BCUT2D eigenvalue weighted by Crippen LogP contribution is 2.39. The molecule has 0 aromatic rings. The average molecular weight is 240 g/mol. The molecule has 2 unspecified atom stereocenters. The van der Waals surface area contributed by atoms with Crippen molar-refractivity contribution in [2.75, 3.05) is 13.1 Å². The van der Waals surface area contributed by atoms with Crippen LogP contribution in [0.2, 0.25) is 0 Å². The molecule has 102 valence electrons. The molecule has 2 heteroatoms. The second-order valence-corrected chi connectivity index (χ2v) is 5.88. The summed E-state index contributed by atoms with van der Waals surface area (Å²) in [6, 6.07) is 0. The molecule has 2 nitrogen and oxygen atoms in total. The van der Waals surface area contributed by atoms with Crippen LogP contribution in [-0.2, 0) is 0 Å². The van der Waals surface area contributed by atoms with E-state index in [1.807, 2.05) is 0 Å². The Bertz CT molecular complexity index is 164. The summed E-state index contributed by atoms with van der Waals surface area (Å²) in [5.41, 5.74) is 11.2. The van der Waals surface area contributed by atoms with Crippen LogP contribution in [0.25, 0.3) is 0 Å². The van der Waals surface area contributed by atoms with Crippen LogP contribution >= 0.6 is 0 Å². The summed E-state index contributed by atoms with van der Waals surface area (Å²) < 4.78 is 0. The minimum atomic E-state index is 0.862. The maximum atomic E-state index is 5.58. The predicted molar refractivity (Wildman–Crippen MR) is 75.8 cm³/mol. The van der Waals surface area contributed by atoms with Crippen LogP contribution in [0, 0.1) is 17.8 Å². The zero-order chi connectivity index (χ0) is 12.5. The fraction of sp³-hybridized carbons (Fsp3) is 1.00. The number of hydrogen-bond donors (Lipinski definition) is 2. The van der Waals surface area contributed by atoms with Gasteiger partial charge in [0.25, 0.3) is 0 Å². The maximum absolute atomic E-state index is 5.58. The smallest absolute Gasteiger partial charge is 0.00773 e. The Balaban J connectivity index is 2.26. The Morgan fingerprint density at radius 3 is 1.71 bits per heavy atom. The Kier molecular flexibility index (Phi) is 7.87. The Hall–Kier alpha value is -0.0800. The average Bonchev–Trinajstić information content (AvgIpc) is 2.34. The second kappa shape index (κ2) is 8.93. The lowest BCUT2D eigenvalue weighted by Gasteiger charge is -2.36. The summed E-state index contributed by atoms with van der Waals surface area (Å²) in [7, 11) is 0. The molecule has 0 bridgehead atoms. The van der Waals surface area contributed by atoms with Crippen LogP contribution in [0.3, 0.4) is 0 Å². The van der Waals surface area contributed by atoms with Crippen molar-refractivity contribution < 1.29 is 0 Å². The van der Waals surface area contributed by atoms with E-state index in [1.165, 1.54) is 57.8 Å². The molecule has 1 aliphatic carbocycles. The van der Waals surface area contributed by atoms with Crippen LogP contribution in [0.15, 0.2) is 0 Å². The monoisotopic (exact) mass is 240 g/mol. The Labute approximate surface area is 108 Å². The van der Waals surface area contributed by atoms with Crippen molar-refractivity contribution >= 4 is 0 Å². The minimum Gasteiger partial charge on any atom is -0.330 e. The molecule has 0 aromatic carbocycles. The topological polar surface area (TPSA) is 52.0 Å². The van der Waals surface area contributed by atoms with Gasteiger partial charge in [0.2, 0.25) is 0 Å². The molecule has 0 radical (unpaired) electrons. The molecule has 1 saturated carbocycles. The van der Waals surface area contributed by atoms with Gasteiger partial charge in [-0.1, -0.05) is 51.9 Å². The van der Waals surface area contributed by atoms with Gasteiger partial charge in [-0.2, -0.15) is 0 Å². The van der Waals surface area contributed by atoms with E-state index in [1.54, 1.807) is 0 Å². The highest BCUT2D eigenvalue weighted by atomic mass is 14.5. The predicted octanol–water partition coefficient (Wildman–Crippen LogP) is 3.30. The van der Waals surface area contributed by atoms with Crippen LogP contribution < -0.4 is 11.5 Å². The highest BCUT2D eigenvalue weighted by Gasteiger charge is 2.28. The van der Waals surface area contributed by atoms with Gasteiger partial charge in [0.15, 0.2) is 0 Å². The van der Waals surface area contributed by atoms with Gasteiger partial charge in [-0.15, -0.1) is 0 Å². The van der Waals surface area contributed by atoms with Crippen molar-refractivity contribution in [3.8, 4) is 0 Å². The fourth-order valence-corrected chi connectivity index (χ4v) is 3.47. The molecule has 0 heterocycles. The number of hydrogen-bond acceptors (Lipinski definition) is 2. The molecule has 4 N–H and O–H groups in total. The zero-order valence-corrected chi connectivity index (χ0v) is 11.7. The quantitative estimate of drug-likeness (QED) is 0.640. The molecule has 1 fully saturated rings. The van der Waals surface area contributed by atoms with Crippen LogP contribution in [-0.4, -0.2) is 13.1 Å². The van der Waals surface area contributed by atoms with E-state index < -0.39 is 0 Å². The zero-order valence-electron chi connectivity index (χ0n) is 11.7. The van der Waals surface area contributed by atoms with Gasteiger partial charge < -0.3 is 11.5 Å². The van der Waals surface area contributed by atoms with Crippen LogP contribution in [0.5, 0.6) is 0 Å². The van der Waals surface area contributed by atoms with E-state index in [-0.39, 0.29) is 0 Å². The van der Waals surface area contributed by atoms with Crippen LogP contribution in [0.4, 0.5) is 0 Å². The van der Waals surface area contributed by atoms with Crippen LogP contribution in [0.1, 0.15) is 64.7 Å². The fourth-order valence-electron chi connectivity index (χ4n) is 3.47. The summed E-state index contributed by atoms with van der Waals surface area (Å²) in [6.45, 7) is 4.21. The first kappa shape index (κ1) is 15.0. The Morgan fingerprint density at radius 1 is 0.824 bits per heavy atom. The van der Waals surface area contributed by atoms with E-state index in [4.69, 9.17) is 11.5 Å². The highest BCUT2D eigenvalue weighted by molar-refractivity contribution is 4.79. The van der Waals surface area contributed by atoms with Crippen molar-refractivity contribution in [1.29, 1.82) is 0 Å². The van der Waals surface area contributed by atoms with E-state index in [9.17, 15) is 0 Å². The van der Waals surface area contributed by atoms with E-state index >= 15 is 0 Å². The molecule has 0 aliphatic heterocycles. The molecule has 1 aliphatic rings. The number of rotatable bonds is 8. The third-order valence-corrected chi connectivity index (χ3v) is 4.70. The van der Waals surface area contributed by atoms with Crippen molar-refractivity contribution in [2.24, 2.45) is 29.2 Å². The molecule has 0 saturated heterocycles. The van der Waals surface area contributed by atoms with Crippen molar-refractivity contribution in [3.63, 3.8) is 0 Å². The van der Waals surface area contributed by atoms with E-state index in [0.29, 0.717) is 0 Å². The summed E-state index contributed by atoms with van der Waals surface area (Å²) in [5.74, 6) is 2.87. The molecule has 0 aromatic heterocycles. The van der Waals surface area contributed by atoms with Crippen molar-refractivity contribution in [1.82, 2.24) is 0 Å². The molecule has 0 amide bonds. The lowest BCUT2D eigenvalue weighted by Crippen LogP contribution is -2.26. The number of unbranched alkanes of at least 4 members (excludes halogenated alkanes) is 2. The van der Waals surface area contributed by atoms with Gasteiger partial charge in [-0.05, 0) is 43.7 Å². The summed E-state index contributed by atoms with van der Waals surface area (Å²) in [5, 5.41) is 0. The van der Waals surface area contributed by atoms with E-state index in [2.05, 4.69) is 6.92 Å². The van der Waals surface area contributed by atoms with Gasteiger partial charge in [-0.25, -0.2) is 0 Å². The summed E-state index contributed by atoms with van der Waals surface area (Å²) in [4.78, 5) is 0. The maximum Gasteiger partial charge on any atom is -0.00773 e. The molecule has 2 atom stereocenters. The first-order chi connectivity index (χ1) is 8.29. The normalized spacial score (nSPS) is 29.5. The second-order valence-electron chi connectivity index (χ2n) is 5.88. The summed E-state index contributed by atoms with van der Waals surface area (Å²) >= 11 is 0. The van der Waals surface area contributed by atoms with Gasteiger partial charge in [0.05, 0.1) is 0 Å². The number of nitrogens with two attached hydrogens (primary N) is 2. The largest absolute Gasteiger partial charge is 0.330 e. The summed E-state index contributed by atoms with van der Waals surface area (Å²) in [6.07, 6.45) is 12.3. The van der Waals surface area contributed by atoms with Crippen molar-refractivity contribution in [3.05, 3.63) is 0 Å². The molecular weight excluding hydrogens is 208 g/mol. The SMILES string of the molecule is CC1C(CCCCN)CCCC1CCCCN. The van der Waals surface area contributed by atoms with Gasteiger partial charge in [0, 0.05) is 0 Å². The first-order valence-electron chi connectivity index (χ1n) is 7.69. The van der Waals surface area contributed by atoms with Crippen molar-refractivity contribution in [2.45, 2.75) is 64.7 Å². The van der Waals surface area contributed by atoms with E-state index in [0.717, 1.165) is 30.8 Å². The lowest BCUT2D eigenvalue weighted by atomic mass is 9.69. The Morgan fingerprint density at radius 2 is 1.29 bits per heavy atom. The minimum absolute atomic E-state index is 0.862. The van der Waals surface area contributed by atoms with Gasteiger partial charge >= 0.3 is 0 Å². The molecular formula is C15H32N2. The van der Waals surface area contributed by atoms with Gasteiger partial charge in [-0.3, -0.25) is 0 Å². The third-order valence-electron chi connectivity index (χ3n) is 4.70. The lowest BCUT2D eigenvalue weighted by molar-refractivity contribution is 0.147. The first-order valence-corrected chi connectivity index (χ1v) is 7.69. The molecule has 0 spiro atoms. The molecule has 1 rings (SSSR count).